The van der Waals surface area contributed by atoms with Crippen LogP contribution in [0.3, 0.4) is 0 Å². The Kier molecular flexibility index (Phi) is 7.20. The van der Waals surface area contributed by atoms with Crippen LogP contribution in [0, 0.1) is 11.3 Å². The molecule has 0 aromatic heterocycles. The summed E-state index contributed by atoms with van der Waals surface area (Å²) >= 11 is 0. The van der Waals surface area contributed by atoms with E-state index in [9.17, 15) is 5.11 Å². The van der Waals surface area contributed by atoms with Gasteiger partial charge in [0.25, 0.3) is 0 Å². The van der Waals surface area contributed by atoms with Crippen molar-refractivity contribution in [3.63, 3.8) is 0 Å². The van der Waals surface area contributed by atoms with Gasteiger partial charge >= 0.3 is 0 Å². The molecular formula is C13H30N2O. The van der Waals surface area contributed by atoms with E-state index in [1.807, 2.05) is 0 Å². The molecule has 3 heteroatoms. The average molecular weight is 230 g/mol. The first kappa shape index (κ1) is 15.9. The van der Waals surface area contributed by atoms with Gasteiger partial charge in [-0.05, 0) is 26.4 Å². The third kappa shape index (κ3) is 5.28. The van der Waals surface area contributed by atoms with E-state index >= 15 is 0 Å². The lowest BCUT2D eigenvalue weighted by Crippen LogP contribution is -2.44. The van der Waals surface area contributed by atoms with E-state index in [1.54, 1.807) is 0 Å². The minimum Gasteiger partial charge on any atom is -0.396 e. The van der Waals surface area contributed by atoms with Crippen molar-refractivity contribution in [2.75, 3.05) is 33.8 Å². The molecule has 0 radical (unpaired) electrons. The third-order valence-corrected chi connectivity index (χ3v) is 3.57. The Hall–Kier alpha value is -0.120. The number of hydrogen-bond donors (Lipinski definition) is 2. The van der Waals surface area contributed by atoms with Crippen LogP contribution in [0.2, 0.25) is 0 Å². The van der Waals surface area contributed by atoms with Crippen LogP contribution in [0.5, 0.6) is 0 Å². The van der Waals surface area contributed by atoms with E-state index in [2.05, 4.69) is 52.0 Å². The van der Waals surface area contributed by atoms with Gasteiger partial charge in [0.05, 0.1) is 0 Å². The van der Waals surface area contributed by atoms with E-state index in [1.165, 1.54) is 0 Å². The Bertz CT molecular complexity index is 169. The maximum Gasteiger partial charge on any atom is 0.0496 e. The highest BCUT2D eigenvalue weighted by molar-refractivity contribution is 4.78. The van der Waals surface area contributed by atoms with E-state index in [0.717, 1.165) is 19.5 Å². The number of nitrogens with zero attached hydrogens (tertiary/aromatic N) is 1. The van der Waals surface area contributed by atoms with Gasteiger partial charge < -0.3 is 15.3 Å². The van der Waals surface area contributed by atoms with Crippen molar-refractivity contribution in [1.82, 2.24) is 10.2 Å². The SMILES string of the molecule is CCC(C)(CO)CNCC(C(C)C)N(C)C. The van der Waals surface area contributed by atoms with Crippen LogP contribution in [0.4, 0.5) is 0 Å². The zero-order valence-corrected chi connectivity index (χ0v) is 11.9. The Morgan fingerprint density at radius 3 is 2.19 bits per heavy atom. The Balaban J connectivity index is 4.04. The highest BCUT2D eigenvalue weighted by atomic mass is 16.3. The molecule has 0 aromatic rings. The first-order valence-electron chi connectivity index (χ1n) is 6.34. The quantitative estimate of drug-likeness (QED) is 0.664. The second-order valence-corrected chi connectivity index (χ2v) is 5.73. The second-order valence-electron chi connectivity index (χ2n) is 5.73. The normalized spacial score (nSPS) is 17.8. The number of hydrogen-bond acceptors (Lipinski definition) is 3. The number of nitrogens with one attached hydrogen (secondary N) is 1. The number of likely N-dealkylation sites (N-methyl/N-ethyl adjacent to an activating group) is 1. The van der Waals surface area contributed by atoms with Crippen LogP contribution < -0.4 is 5.32 Å². The summed E-state index contributed by atoms with van der Waals surface area (Å²) in [5.41, 5.74) is 0.0217. The molecule has 16 heavy (non-hydrogen) atoms. The molecule has 0 amide bonds. The molecule has 3 nitrogen and oxygen atoms in total. The summed E-state index contributed by atoms with van der Waals surface area (Å²) in [5.74, 6) is 0.643. The van der Waals surface area contributed by atoms with Gasteiger partial charge in [-0.1, -0.05) is 27.7 Å². The van der Waals surface area contributed by atoms with Gasteiger partial charge in [-0.3, -0.25) is 0 Å². The van der Waals surface area contributed by atoms with E-state index in [0.29, 0.717) is 12.0 Å². The molecule has 0 saturated carbocycles. The van der Waals surface area contributed by atoms with Crippen molar-refractivity contribution < 1.29 is 5.11 Å². The molecular weight excluding hydrogens is 200 g/mol. The summed E-state index contributed by atoms with van der Waals surface area (Å²) < 4.78 is 0. The maximum atomic E-state index is 9.32. The summed E-state index contributed by atoms with van der Waals surface area (Å²) in [6.45, 7) is 10.9. The summed E-state index contributed by atoms with van der Waals surface area (Å²) in [4.78, 5) is 2.26. The molecule has 0 aromatic carbocycles. The Labute approximate surface area is 101 Å². The zero-order chi connectivity index (χ0) is 12.8. The van der Waals surface area contributed by atoms with Crippen LogP contribution in [0.25, 0.3) is 0 Å². The van der Waals surface area contributed by atoms with Gasteiger partial charge in [-0.2, -0.15) is 0 Å². The van der Waals surface area contributed by atoms with Gasteiger partial charge in [0.1, 0.15) is 0 Å². The highest BCUT2D eigenvalue weighted by Crippen LogP contribution is 2.18. The van der Waals surface area contributed by atoms with Crippen molar-refractivity contribution in [3.05, 3.63) is 0 Å². The minimum atomic E-state index is 0.0217. The third-order valence-electron chi connectivity index (χ3n) is 3.57. The topological polar surface area (TPSA) is 35.5 Å². The minimum absolute atomic E-state index is 0.0217. The lowest BCUT2D eigenvalue weighted by atomic mass is 9.88. The fourth-order valence-corrected chi connectivity index (χ4v) is 1.83. The van der Waals surface area contributed by atoms with E-state index in [-0.39, 0.29) is 12.0 Å². The van der Waals surface area contributed by atoms with Crippen LogP contribution in [0.15, 0.2) is 0 Å². The molecule has 2 unspecified atom stereocenters. The van der Waals surface area contributed by atoms with Gasteiger partial charge in [0.15, 0.2) is 0 Å². The van der Waals surface area contributed by atoms with Crippen molar-refractivity contribution >= 4 is 0 Å². The van der Waals surface area contributed by atoms with Gasteiger partial charge in [0, 0.05) is 31.2 Å². The monoisotopic (exact) mass is 230 g/mol. The molecule has 2 N–H and O–H groups in total. The number of aliphatic hydroxyl groups is 1. The predicted octanol–water partition coefficient (Wildman–Crippen LogP) is 1.57. The summed E-state index contributed by atoms with van der Waals surface area (Å²) in [6, 6.07) is 0.555. The van der Waals surface area contributed by atoms with E-state index < -0.39 is 0 Å². The van der Waals surface area contributed by atoms with Crippen LogP contribution in [-0.4, -0.2) is 49.8 Å². The predicted molar refractivity (Wildman–Crippen MR) is 70.7 cm³/mol. The molecule has 0 spiro atoms. The first-order valence-corrected chi connectivity index (χ1v) is 6.34. The maximum absolute atomic E-state index is 9.32. The molecule has 98 valence electrons. The van der Waals surface area contributed by atoms with Gasteiger partial charge in [-0.25, -0.2) is 0 Å². The largest absolute Gasteiger partial charge is 0.396 e. The zero-order valence-electron chi connectivity index (χ0n) is 11.9. The average Bonchev–Trinajstić information content (AvgIpc) is 2.23. The standard InChI is InChI=1S/C13H30N2O/c1-7-13(4,10-16)9-14-8-12(11(2)3)15(5)6/h11-12,14,16H,7-10H2,1-6H3. The molecule has 0 aliphatic carbocycles. The van der Waals surface area contributed by atoms with Crippen molar-refractivity contribution in [1.29, 1.82) is 0 Å². The van der Waals surface area contributed by atoms with Gasteiger partial charge in [0.2, 0.25) is 0 Å². The molecule has 0 aliphatic heterocycles. The molecule has 0 heterocycles. The summed E-state index contributed by atoms with van der Waals surface area (Å²) in [6.07, 6.45) is 1.00. The fraction of sp³-hybridized carbons (Fsp3) is 1.00. The van der Waals surface area contributed by atoms with Crippen LogP contribution in [-0.2, 0) is 0 Å². The van der Waals surface area contributed by atoms with Crippen molar-refractivity contribution in [3.8, 4) is 0 Å². The van der Waals surface area contributed by atoms with Crippen molar-refractivity contribution in [2.24, 2.45) is 11.3 Å². The second kappa shape index (κ2) is 7.25. The fourth-order valence-electron chi connectivity index (χ4n) is 1.83. The number of rotatable bonds is 8. The Morgan fingerprint density at radius 2 is 1.88 bits per heavy atom. The lowest BCUT2D eigenvalue weighted by molar-refractivity contribution is 0.129. The molecule has 0 bridgehead atoms. The summed E-state index contributed by atoms with van der Waals surface area (Å²) in [7, 11) is 4.24. The molecule has 0 fully saturated rings. The smallest absolute Gasteiger partial charge is 0.0496 e. The van der Waals surface area contributed by atoms with Crippen LogP contribution >= 0.6 is 0 Å². The van der Waals surface area contributed by atoms with Gasteiger partial charge in [-0.15, -0.1) is 0 Å². The molecule has 0 saturated heterocycles. The molecule has 0 rings (SSSR count). The highest BCUT2D eigenvalue weighted by Gasteiger charge is 2.22. The van der Waals surface area contributed by atoms with E-state index in [4.69, 9.17) is 0 Å². The molecule has 0 aliphatic rings. The molecule has 2 atom stereocenters. The summed E-state index contributed by atoms with van der Waals surface area (Å²) in [5, 5.41) is 12.8. The number of aliphatic hydroxyl groups excluding tert-OH is 1. The van der Waals surface area contributed by atoms with Crippen LogP contribution in [0.1, 0.15) is 34.1 Å². The van der Waals surface area contributed by atoms with Crippen molar-refractivity contribution in [2.45, 2.75) is 40.2 Å². The lowest BCUT2D eigenvalue weighted by Gasteiger charge is -2.31. The Morgan fingerprint density at radius 1 is 1.31 bits per heavy atom. The first-order chi connectivity index (χ1) is 7.36.